The number of carbonyl (C=O) groups is 2. The molecule has 158 valence electrons. The Bertz CT molecular complexity index is 1110. The van der Waals surface area contributed by atoms with Crippen molar-refractivity contribution in [3.8, 4) is 0 Å². The van der Waals surface area contributed by atoms with Crippen LogP contribution in [0.25, 0.3) is 12.2 Å². The quantitative estimate of drug-likeness (QED) is 0.491. The SMILES string of the molecule is O=C(Cc1ccccc1C(=O)O)Nc1cccc(C=Cc2nc(C3CCCC3)cs2)c1. The van der Waals surface area contributed by atoms with Crippen LogP contribution in [0.3, 0.4) is 0 Å². The first kappa shape index (κ1) is 21.0. The Morgan fingerprint density at radius 2 is 1.90 bits per heavy atom. The number of carboxylic acid groups (broad SMARTS) is 1. The molecular weight excluding hydrogens is 408 g/mol. The standard InChI is InChI=1S/C25H24N2O3S/c28-23(15-19-9-3-4-11-21(19)25(29)30)26-20-10-5-6-17(14-20)12-13-24-27-22(16-31-24)18-7-1-2-8-18/h3-6,9-14,16,18H,1-2,7-8,15H2,(H,26,28)(H,29,30). The maximum absolute atomic E-state index is 12.4. The summed E-state index contributed by atoms with van der Waals surface area (Å²) in [5.74, 6) is -0.673. The van der Waals surface area contributed by atoms with E-state index in [9.17, 15) is 14.7 Å². The van der Waals surface area contributed by atoms with E-state index >= 15 is 0 Å². The molecule has 0 atom stereocenters. The third-order valence-corrected chi connectivity index (χ3v) is 6.33. The van der Waals surface area contributed by atoms with Gasteiger partial charge in [-0.2, -0.15) is 0 Å². The first-order valence-corrected chi connectivity index (χ1v) is 11.3. The number of aromatic carboxylic acids is 1. The molecule has 6 heteroatoms. The molecule has 2 aromatic carbocycles. The molecule has 1 saturated carbocycles. The third-order valence-electron chi connectivity index (χ3n) is 5.50. The van der Waals surface area contributed by atoms with Crippen LogP contribution >= 0.6 is 11.3 Å². The number of anilines is 1. The van der Waals surface area contributed by atoms with Crippen LogP contribution in [0.4, 0.5) is 5.69 Å². The minimum atomic E-state index is -1.03. The van der Waals surface area contributed by atoms with Crippen molar-refractivity contribution in [2.75, 3.05) is 5.32 Å². The van der Waals surface area contributed by atoms with Gasteiger partial charge in [-0.05, 0) is 48.2 Å². The molecule has 1 aliphatic carbocycles. The van der Waals surface area contributed by atoms with E-state index in [1.54, 1.807) is 29.5 Å². The van der Waals surface area contributed by atoms with Crippen molar-refractivity contribution in [2.45, 2.75) is 38.0 Å². The number of carboxylic acids is 1. The molecule has 0 aliphatic heterocycles. The molecule has 1 amide bonds. The number of rotatable bonds is 7. The normalized spacial score (nSPS) is 14.2. The van der Waals surface area contributed by atoms with Gasteiger partial charge in [0.1, 0.15) is 5.01 Å². The molecule has 0 spiro atoms. The van der Waals surface area contributed by atoms with Crippen LogP contribution in [0, 0.1) is 0 Å². The molecule has 1 fully saturated rings. The van der Waals surface area contributed by atoms with Gasteiger partial charge in [0, 0.05) is 17.0 Å². The van der Waals surface area contributed by atoms with Gasteiger partial charge in [-0.15, -0.1) is 11.3 Å². The van der Waals surface area contributed by atoms with E-state index in [4.69, 9.17) is 4.98 Å². The van der Waals surface area contributed by atoms with Gasteiger partial charge in [0.05, 0.1) is 17.7 Å². The van der Waals surface area contributed by atoms with Gasteiger partial charge >= 0.3 is 5.97 Å². The summed E-state index contributed by atoms with van der Waals surface area (Å²) >= 11 is 1.66. The Morgan fingerprint density at radius 3 is 2.71 bits per heavy atom. The lowest BCUT2D eigenvalue weighted by Crippen LogP contribution is -2.16. The second-order valence-corrected chi connectivity index (χ2v) is 8.63. The van der Waals surface area contributed by atoms with Gasteiger partial charge in [-0.3, -0.25) is 4.79 Å². The topological polar surface area (TPSA) is 79.3 Å². The van der Waals surface area contributed by atoms with E-state index in [0.29, 0.717) is 17.2 Å². The number of benzene rings is 2. The van der Waals surface area contributed by atoms with Gasteiger partial charge in [0.2, 0.25) is 5.91 Å². The fraction of sp³-hybridized carbons (Fsp3) is 0.240. The molecule has 31 heavy (non-hydrogen) atoms. The summed E-state index contributed by atoms with van der Waals surface area (Å²) in [4.78, 5) is 28.5. The maximum Gasteiger partial charge on any atom is 0.335 e. The highest BCUT2D eigenvalue weighted by Crippen LogP contribution is 2.34. The number of nitrogens with zero attached hydrogens (tertiary/aromatic N) is 1. The zero-order valence-corrected chi connectivity index (χ0v) is 17.9. The first-order chi connectivity index (χ1) is 15.1. The Morgan fingerprint density at radius 1 is 1.10 bits per heavy atom. The minimum absolute atomic E-state index is 0.00555. The summed E-state index contributed by atoms with van der Waals surface area (Å²) in [6, 6.07) is 14.1. The van der Waals surface area contributed by atoms with Crippen LogP contribution in [0.1, 0.15) is 63.8 Å². The largest absolute Gasteiger partial charge is 0.478 e. The summed E-state index contributed by atoms with van der Waals surface area (Å²) in [6.07, 6.45) is 9.09. The predicted octanol–water partition coefficient (Wildman–Crippen LogP) is 5.85. The fourth-order valence-electron chi connectivity index (χ4n) is 3.94. The predicted molar refractivity (Wildman–Crippen MR) is 124 cm³/mol. The van der Waals surface area contributed by atoms with Gasteiger partial charge in [-0.1, -0.05) is 49.2 Å². The van der Waals surface area contributed by atoms with Gasteiger partial charge in [0.25, 0.3) is 0 Å². The number of hydrogen-bond donors (Lipinski definition) is 2. The molecule has 0 bridgehead atoms. The lowest BCUT2D eigenvalue weighted by atomic mass is 10.0. The molecule has 1 aliphatic rings. The maximum atomic E-state index is 12.4. The van der Waals surface area contributed by atoms with Crippen LogP contribution in [-0.2, 0) is 11.2 Å². The van der Waals surface area contributed by atoms with E-state index in [1.165, 1.54) is 37.4 Å². The third kappa shape index (κ3) is 5.47. The van der Waals surface area contributed by atoms with Crippen molar-refractivity contribution < 1.29 is 14.7 Å². The highest BCUT2D eigenvalue weighted by molar-refractivity contribution is 7.10. The molecule has 4 rings (SSSR count). The van der Waals surface area contributed by atoms with Gasteiger partial charge < -0.3 is 10.4 Å². The molecule has 0 unspecified atom stereocenters. The number of thiazole rings is 1. The second kappa shape index (κ2) is 9.71. The van der Waals surface area contributed by atoms with Crippen LogP contribution in [-0.4, -0.2) is 22.0 Å². The number of amides is 1. The van der Waals surface area contributed by atoms with E-state index in [-0.39, 0.29) is 17.9 Å². The van der Waals surface area contributed by atoms with Gasteiger partial charge in [0.15, 0.2) is 0 Å². The smallest absolute Gasteiger partial charge is 0.335 e. The van der Waals surface area contributed by atoms with E-state index in [0.717, 1.165) is 10.6 Å². The molecule has 0 radical (unpaired) electrons. The minimum Gasteiger partial charge on any atom is -0.478 e. The van der Waals surface area contributed by atoms with E-state index in [2.05, 4.69) is 10.7 Å². The van der Waals surface area contributed by atoms with Crippen molar-refractivity contribution >= 4 is 41.1 Å². The molecular formula is C25H24N2O3S. The molecule has 0 saturated heterocycles. The van der Waals surface area contributed by atoms with Crippen LogP contribution in [0.15, 0.2) is 53.9 Å². The highest BCUT2D eigenvalue weighted by Gasteiger charge is 2.19. The summed E-state index contributed by atoms with van der Waals surface area (Å²) in [6.45, 7) is 0. The number of hydrogen-bond acceptors (Lipinski definition) is 4. The highest BCUT2D eigenvalue weighted by atomic mass is 32.1. The molecule has 2 N–H and O–H groups in total. The summed E-state index contributed by atoms with van der Waals surface area (Å²) < 4.78 is 0. The monoisotopic (exact) mass is 432 g/mol. The lowest BCUT2D eigenvalue weighted by molar-refractivity contribution is -0.115. The summed E-state index contributed by atoms with van der Waals surface area (Å²) in [5.41, 5.74) is 3.48. The Balaban J connectivity index is 1.40. The van der Waals surface area contributed by atoms with Crippen molar-refractivity contribution in [3.63, 3.8) is 0 Å². The van der Waals surface area contributed by atoms with Crippen LogP contribution in [0.2, 0.25) is 0 Å². The molecule has 5 nitrogen and oxygen atoms in total. The van der Waals surface area contributed by atoms with Crippen LogP contribution < -0.4 is 5.32 Å². The zero-order valence-electron chi connectivity index (χ0n) is 17.1. The summed E-state index contributed by atoms with van der Waals surface area (Å²) in [5, 5.41) is 15.3. The number of carbonyl (C=O) groups excluding carboxylic acids is 1. The fourth-order valence-corrected chi connectivity index (χ4v) is 4.73. The molecule has 1 heterocycles. The molecule has 1 aromatic heterocycles. The Hall–Kier alpha value is -3.25. The van der Waals surface area contributed by atoms with Crippen molar-refractivity contribution in [1.82, 2.24) is 4.98 Å². The van der Waals surface area contributed by atoms with E-state index in [1.807, 2.05) is 36.4 Å². The van der Waals surface area contributed by atoms with Crippen molar-refractivity contribution in [2.24, 2.45) is 0 Å². The molecule has 3 aromatic rings. The van der Waals surface area contributed by atoms with Crippen molar-refractivity contribution in [1.29, 1.82) is 0 Å². The van der Waals surface area contributed by atoms with Crippen molar-refractivity contribution in [3.05, 3.63) is 81.3 Å². The summed E-state index contributed by atoms with van der Waals surface area (Å²) in [7, 11) is 0. The Labute approximate surface area is 185 Å². The van der Waals surface area contributed by atoms with Gasteiger partial charge in [-0.25, -0.2) is 9.78 Å². The van der Waals surface area contributed by atoms with Crippen LogP contribution in [0.5, 0.6) is 0 Å². The Kier molecular flexibility index (Phi) is 6.57. The lowest BCUT2D eigenvalue weighted by Gasteiger charge is -2.08. The average molecular weight is 433 g/mol. The second-order valence-electron chi connectivity index (χ2n) is 7.74. The number of nitrogens with one attached hydrogen (secondary N) is 1. The average Bonchev–Trinajstić information content (AvgIpc) is 3.44. The van der Waals surface area contributed by atoms with E-state index < -0.39 is 5.97 Å². The first-order valence-electron chi connectivity index (χ1n) is 10.4. The zero-order chi connectivity index (χ0) is 21.6. The number of aromatic nitrogens is 1.